The van der Waals surface area contributed by atoms with Crippen LogP contribution in [0.15, 0.2) is 0 Å². The third-order valence-corrected chi connectivity index (χ3v) is 3.29. The van der Waals surface area contributed by atoms with Gasteiger partial charge in [0.1, 0.15) is 11.6 Å². The van der Waals surface area contributed by atoms with Crippen LogP contribution in [0.4, 0.5) is 5.82 Å². The first-order valence-corrected chi connectivity index (χ1v) is 6.60. The maximum Gasteiger partial charge on any atom is 0.143 e. The minimum Gasteiger partial charge on any atom is -0.381 e. The Morgan fingerprint density at radius 1 is 1.35 bits per heavy atom. The van der Waals surface area contributed by atoms with E-state index < -0.39 is 0 Å². The quantitative estimate of drug-likeness (QED) is 0.600. The fraction of sp³-hybridized carbons (Fsp3) is 0.636. The van der Waals surface area contributed by atoms with E-state index in [4.69, 9.17) is 9.47 Å². The second kappa shape index (κ2) is 7.78. The van der Waals surface area contributed by atoms with E-state index in [9.17, 15) is 0 Å². The molecule has 0 atom stereocenters. The van der Waals surface area contributed by atoms with Crippen molar-refractivity contribution in [3.8, 4) is 0 Å². The summed E-state index contributed by atoms with van der Waals surface area (Å²) in [6, 6.07) is 0. The third kappa shape index (κ3) is 4.36. The lowest BCUT2D eigenvalue weighted by Crippen LogP contribution is -2.10. The molecular weight excluding hydrogens is 333 g/mol. The molecule has 17 heavy (non-hydrogen) atoms. The molecule has 96 valence electrons. The van der Waals surface area contributed by atoms with Crippen LogP contribution in [-0.4, -0.2) is 37.3 Å². The van der Waals surface area contributed by atoms with Crippen LogP contribution in [0.3, 0.4) is 0 Å². The summed E-state index contributed by atoms with van der Waals surface area (Å²) in [5.41, 5.74) is 0.916. The SMILES string of the molecule is CCOCCc1nc(COC)c(I)c(NC)n1. The number of ether oxygens (including phenoxy) is 2. The number of rotatable bonds is 7. The highest BCUT2D eigenvalue weighted by Crippen LogP contribution is 2.19. The summed E-state index contributed by atoms with van der Waals surface area (Å²) in [6.07, 6.45) is 0.718. The van der Waals surface area contributed by atoms with Gasteiger partial charge < -0.3 is 14.8 Å². The number of hydrogen-bond donors (Lipinski definition) is 1. The first kappa shape index (κ1) is 14.6. The lowest BCUT2D eigenvalue weighted by Gasteiger charge is -2.10. The largest absolute Gasteiger partial charge is 0.381 e. The Hall–Kier alpha value is -0.470. The number of halogens is 1. The Kier molecular flexibility index (Phi) is 6.68. The smallest absolute Gasteiger partial charge is 0.143 e. The molecule has 1 rings (SSSR count). The van der Waals surface area contributed by atoms with Crippen LogP contribution < -0.4 is 5.32 Å². The Morgan fingerprint density at radius 3 is 2.71 bits per heavy atom. The maximum absolute atomic E-state index is 5.31. The van der Waals surface area contributed by atoms with E-state index in [-0.39, 0.29) is 0 Å². The molecule has 0 radical (unpaired) electrons. The molecule has 0 aliphatic heterocycles. The second-order valence-corrected chi connectivity index (χ2v) is 4.46. The molecule has 5 nitrogen and oxygen atoms in total. The van der Waals surface area contributed by atoms with Gasteiger partial charge >= 0.3 is 0 Å². The fourth-order valence-electron chi connectivity index (χ4n) is 1.36. The van der Waals surface area contributed by atoms with Gasteiger partial charge in [0.25, 0.3) is 0 Å². The lowest BCUT2D eigenvalue weighted by molar-refractivity contribution is 0.149. The summed E-state index contributed by atoms with van der Waals surface area (Å²) in [7, 11) is 3.52. The van der Waals surface area contributed by atoms with Crippen LogP contribution in [0.2, 0.25) is 0 Å². The van der Waals surface area contributed by atoms with Gasteiger partial charge in [-0.15, -0.1) is 0 Å². The average molecular weight is 351 g/mol. The van der Waals surface area contributed by atoms with Gasteiger partial charge in [-0.3, -0.25) is 0 Å². The molecule has 0 spiro atoms. The zero-order chi connectivity index (χ0) is 12.7. The van der Waals surface area contributed by atoms with Crippen LogP contribution in [0.1, 0.15) is 18.4 Å². The molecule has 0 unspecified atom stereocenters. The van der Waals surface area contributed by atoms with Gasteiger partial charge in [-0.25, -0.2) is 9.97 Å². The zero-order valence-electron chi connectivity index (χ0n) is 10.4. The fourth-order valence-corrected chi connectivity index (χ4v) is 2.03. The van der Waals surface area contributed by atoms with Gasteiger partial charge in [0, 0.05) is 27.2 Å². The Bertz CT molecular complexity index is 361. The molecule has 1 N–H and O–H groups in total. The van der Waals surface area contributed by atoms with Crippen LogP contribution >= 0.6 is 22.6 Å². The van der Waals surface area contributed by atoms with E-state index in [0.717, 1.165) is 27.3 Å². The van der Waals surface area contributed by atoms with Crippen molar-refractivity contribution in [2.24, 2.45) is 0 Å². The van der Waals surface area contributed by atoms with Crippen LogP contribution in [0.5, 0.6) is 0 Å². The van der Waals surface area contributed by atoms with Crippen molar-refractivity contribution >= 4 is 28.4 Å². The van der Waals surface area contributed by atoms with Crippen molar-refractivity contribution in [2.75, 3.05) is 32.7 Å². The van der Waals surface area contributed by atoms with Crippen LogP contribution in [0.25, 0.3) is 0 Å². The standard InChI is InChI=1S/C11H18IN3O2/c1-4-17-6-5-9-14-8(7-16-3)10(12)11(13-2)15-9/h4-7H2,1-3H3,(H,13,14,15). The molecule has 1 heterocycles. The van der Waals surface area contributed by atoms with E-state index in [1.54, 1.807) is 7.11 Å². The summed E-state index contributed by atoms with van der Waals surface area (Å²) in [5.74, 6) is 1.63. The van der Waals surface area contributed by atoms with Crippen molar-refractivity contribution in [2.45, 2.75) is 20.0 Å². The lowest BCUT2D eigenvalue weighted by atomic mass is 10.3. The van der Waals surface area contributed by atoms with Crippen molar-refractivity contribution in [1.82, 2.24) is 9.97 Å². The minimum absolute atomic E-state index is 0.497. The van der Waals surface area contributed by atoms with E-state index in [1.165, 1.54) is 0 Å². The van der Waals surface area contributed by atoms with Crippen molar-refractivity contribution in [1.29, 1.82) is 0 Å². The van der Waals surface area contributed by atoms with Crippen molar-refractivity contribution < 1.29 is 9.47 Å². The number of hydrogen-bond acceptors (Lipinski definition) is 5. The predicted octanol–water partition coefficient (Wildman–Crippen LogP) is 1.85. The molecule has 0 saturated carbocycles. The molecule has 6 heteroatoms. The van der Waals surface area contributed by atoms with E-state index in [2.05, 4.69) is 37.9 Å². The number of nitrogens with one attached hydrogen (secondary N) is 1. The van der Waals surface area contributed by atoms with Crippen molar-refractivity contribution in [3.63, 3.8) is 0 Å². The van der Waals surface area contributed by atoms with Crippen LogP contribution in [-0.2, 0) is 22.5 Å². The van der Waals surface area contributed by atoms with Crippen molar-refractivity contribution in [3.05, 3.63) is 15.1 Å². The Balaban J connectivity index is 2.86. The predicted molar refractivity (Wildman–Crippen MR) is 75.2 cm³/mol. The summed E-state index contributed by atoms with van der Waals surface area (Å²) in [4.78, 5) is 8.92. The topological polar surface area (TPSA) is 56.3 Å². The highest BCUT2D eigenvalue weighted by molar-refractivity contribution is 14.1. The van der Waals surface area contributed by atoms with Crippen LogP contribution in [0, 0.1) is 3.57 Å². The minimum atomic E-state index is 0.497. The number of aromatic nitrogens is 2. The summed E-state index contributed by atoms with van der Waals surface area (Å²) in [5, 5.41) is 3.07. The maximum atomic E-state index is 5.31. The average Bonchev–Trinajstić information content (AvgIpc) is 2.33. The summed E-state index contributed by atoms with van der Waals surface area (Å²) < 4.78 is 11.4. The van der Waals surface area contributed by atoms with Gasteiger partial charge in [-0.1, -0.05) is 0 Å². The number of anilines is 1. The molecule has 0 aliphatic rings. The molecule has 0 aliphatic carbocycles. The molecule has 0 amide bonds. The highest BCUT2D eigenvalue weighted by atomic mass is 127. The molecular formula is C11H18IN3O2. The summed E-state index contributed by atoms with van der Waals surface area (Å²) in [6.45, 7) is 3.84. The highest BCUT2D eigenvalue weighted by Gasteiger charge is 2.10. The molecule has 0 bridgehead atoms. The first-order valence-electron chi connectivity index (χ1n) is 5.52. The molecule has 0 fully saturated rings. The normalized spacial score (nSPS) is 10.6. The van der Waals surface area contributed by atoms with Gasteiger partial charge in [-0.2, -0.15) is 0 Å². The van der Waals surface area contributed by atoms with Gasteiger partial charge in [0.15, 0.2) is 0 Å². The Labute approximate surface area is 115 Å². The molecule has 0 aromatic carbocycles. The van der Waals surface area contributed by atoms with E-state index in [0.29, 0.717) is 19.8 Å². The Morgan fingerprint density at radius 2 is 2.12 bits per heavy atom. The third-order valence-electron chi connectivity index (χ3n) is 2.16. The molecule has 1 aromatic rings. The van der Waals surface area contributed by atoms with E-state index >= 15 is 0 Å². The van der Waals surface area contributed by atoms with E-state index in [1.807, 2.05) is 14.0 Å². The molecule has 1 aromatic heterocycles. The van der Waals surface area contributed by atoms with Gasteiger partial charge in [0.05, 0.1) is 22.5 Å². The summed E-state index contributed by atoms with van der Waals surface area (Å²) >= 11 is 2.23. The van der Waals surface area contributed by atoms with Gasteiger partial charge in [0.2, 0.25) is 0 Å². The number of nitrogens with zero attached hydrogens (tertiary/aromatic N) is 2. The van der Waals surface area contributed by atoms with Gasteiger partial charge in [-0.05, 0) is 29.5 Å². The first-order chi connectivity index (χ1) is 8.22. The molecule has 0 saturated heterocycles. The zero-order valence-corrected chi connectivity index (χ0v) is 12.6. The monoisotopic (exact) mass is 351 g/mol. The number of methoxy groups -OCH3 is 1. The second-order valence-electron chi connectivity index (χ2n) is 3.38.